The Bertz CT molecular complexity index is 1440. The van der Waals surface area contributed by atoms with Gasteiger partial charge in [0.15, 0.2) is 11.8 Å². The summed E-state index contributed by atoms with van der Waals surface area (Å²) in [6.45, 7) is 2.87. The van der Waals surface area contributed by atoms with E-state index in [1.54, 1.807) is 35.0 Å². The minimum Gasteiger partial charge on any atom is -0.479 e. The van der Waals surface area contributed by atoms with Gasteiger partial charge in [0.05, 0.1) is 30.3 Å². The summed E-state index contributed by atoms with van der Waals surface area (Å²) >= 11 is 6.28. The Hall–Kier alpha value is -4.00. The van der Waals surface area contributed by atoms with E-state index < -0.39 is 12.1 Å². The number of pyridine rings is 1. The number of carboxylic acids is 1. The average Bonchev–Trinajstić information content (AvgIpc) is 3.22. The summed E-state index contributed by atoms with van der Waals surface area (Å²) in [5.41, 5.74) is 4.79. The highest BCUT2D eigenvalue weighted by Crippen LogP contribution is 2.36. The molecule has 1 aliphatic rings. The molecule has 1 fully saturated rings. The second-order valence-corrected chi connectivity index (χ2v) is 8.32. The van der Waals surface area contributed by atoms with Crippen LogP contribution < -0.4 is 4.90 Å². The fourth-order valence-corrected chi connectivity index (χ4v) is 4.33. The first kappa shape index (κ1) is 21.8. The van der Waals surface area contributed by atoms with Crippen molar-refractivity contribution >= 4 is 29.0 Å². The smallest absolute Gasteiger partial charge is 0.334 e. The Kier molecular flexibility index (Phi) is 5.61. The van der Waals surface area contributed by atoms with E-state index in [9.17, 15) is 15.2 Å². The minimum absolute atomic E-state index is 0.194. The average molecular weight is 475 g/mol. The van der Waals surface area contributed by atoms with Crippen molar-refractivity contribution in [3.05, 3.63) is 65.1 Å². The van der Waals surface area contributed by atoms with Gasteiger partial charge in [-0.2, -0.15) is 10.4 Å². The number of carboxylic acid groups (broad SMARTS) is 1. The van der Waals surface area contributed by atoms with E-state index in [0.29, 0.717) is 41.0 Å². The summed E-state index contributed by atoms with van der Waals surface area (Å²) in [5.74, 6) is -0.380. The first-order valence-electron chi connectivity index (χ1n) is 10.6. The Balaban J connectivity index is 1.71. The molecule has 1 aliphatic heterocycles. The van der Waals surface area contributed by atoms with Crippen molar-refractivity contribution in [3.8, 4) is 28.5 Å². The first-order chi connectivity index (χ1) is 16.4. The molecular weight excluding hydrogens is 456 g/mol. The Morgan fingerprint density at radius 3 is 2.85 bits per heavy atom. The number of nitriles is 1. The highest BCUT2D eigenvalue weighted by molar-refractivity contribution is 6.29. The van der Waals surface area contributed by atoms with Crippen molar-refractivity contribution in [2.45, 2.75) is 13.0 Å². The number of anilines is 1. The largest absolute Gasteiger partial charge is 0.479 e. The quantitative estimate of drug-likeness (QED) is 0.446. The number of nitrogens with zero attached hydrogens (tertiary/aromatic N) is 6. The zero-order valence-corrected chi connectivity index (χ0v) is 18.9. The molecule has 0 spiro atoms. The predicted octanol–water partition coefficient (Wildman–Crippen LogP) is 3.58. The van der Waals surface area contributed by atoms with Gasteiger partial charge in [-0.15, -0.1) is 0 Å². The van der Waals surface area contributed by atoms with Crippen molar-refractivity contribution in [1.82, 2.24) is 19.6 Å². The third kappa shape index (κ3) is 4.05. The van der Waals surface area contributed by atoms with Crippen LogP contribution in [0.5, 0.6) is 0 Å². The van der Waals surface area contributed by atoms with Crippen LogP contribution in [0.25, 0.3) is 28.0 Å². The van der Waals surface area contributed by atoms with Gasteiger partial charge in [-0.3, -0.25) is 0 Å². The van der Waals surface area contributed by atoms with Crippen LogP contribution in [0.3, 0.4) is 0 Å². The highest BCUT2D eigenvalue weighted by atomic mass is 35.5. The third-order valence-corrected chi connectivity index (χ3v) is 5.81. The van der Waals surface area contributed by atoms with Crippen LogP contribution >= 0.6 is 11.6 Å². The van der Waals surface area contributed by atoms with Crippen LogP contribution in [0.15, 0.2) is 48.7 Å². The summed E-state index contributed by atoms with van der Waals surface area (Å²) in [6.07, 6.45) is 0.877. The molecule has 0 saturated carbocycles. The van der Waals surface area contributed by atoms with E-state index in [1.807, 2.05) is 30.0 Å². The Morgan fingerprint density at radius 1 is 1.24 bits per heavy atom. The maximum atomic E-state index is 11.4. The van der Waals surface area contributed by atoms with Crippen LogP contribution in [-0.2, 0) is 9.53 Å². The predicted molar refractivity (Wildman–Crippen MR) is 126 cm³/mol. The van der Waals surface area contributed by atoms with E-state index in [2.05, 4.69) is 11.1 Å². The molecule has 1 atom stereocenters. The number of rotatable bonds is 4. The molecule has 5 rings (SSSR count). The number of ether oxygens (including phenoxy) is 1. The van der Waals surface area contributed by atoms with Gasteiger partial charge in [-0.1, -0.05) is 23.7 Å². The van der Waals surface area contributed by atoms with Gasteiger partial charge in [0.1, 0.15) is 16.7 Å². The maximum Gasteiger partial charge on any atom is 0.334 e. The number of benzene rings is 1. The number of aliphatic carboxylic acids is 1. The molecule has 170 valence electrons. The van der Waals surface area contributed by atoms with E-state index in [-0.39, 0.29) is 6.54 Å². The lowest BCUT2D eigenvalue weighted by atomic mass is 10.00. The van der Waals surface area contributed by atoms with Crippen LogP contribution in [0, 0.1) is 18.3 Å². The monoisotopic (exact) mass is 474 g/mol. The number of morpholine rings is 1. The number of aryl methyl sites for hydroxylation is 1. The number of fused-ring (bicyclic) bond motifs is 1. The summed E-state index contributed by atoms with van der Waals surface area (Å²) in [6, 6.07) is 14.8. The minimum atomic E-state index is -1.00. The Morgan fingerprint density at radius 2 is 2.09 bits per heavy atom. The molecule has 10 heteroatoms. The van der Waals surface area contributed by atoms with Crippen molar-refractivity contribution in [2.75, 3.05) is 24.6 Å². The molecule has 0 bridgehead atoms. The van der Waals surface area contributed by atoms with Crippen LogP contribution in [0.1, 0.15) is 11.3 Å². The van der Waals surface area contributed by atoms with Gasteiger partial charge in [-0.05, 0) is 42.8 Å². The normalized spacial score (nSPS) is 15.9. The zero-order chi connectivity index (χ0) is 23.8. The van der Waals surface area contributed by atoms with Crippen LogP contribution in [-0.4, -0.2) is 56.5 Å². The van der Waals surface area contributed by atoms with Crippen molar-refractivity contribution in [2.24, 2.45) is 0 Å². The molecular formula is C24H19ClN6O3. The highest BCUT2D eigenvalue weighted by Gasteiger charge is 2.28. The maximum absolute atomic E-state index is 11.4. The van der Waals surface area contributed by atoms with Gasteiger partial charge in [0, 0.05) is 24.0 Å². The summed E-state index contributed by atoms with van der Waals surface area (Å²) in [5, 5.41) is 23.9. The number of hydrogen-bond donors (Lipinski definition) is 1. The van der Waals surface area contributed by atoms with Gasteiger partial charge in [-0.25, -0.2) is 19.3 Å². The van der Waals surface area contributed by atoms with Crippen molar-refractivity contribution in [1.29, 1.82) is 5.26 Å². The SMILES string of the molecule is Cc1cc(-c2c(-c3cccc(C#N)c3)nn3ccc(N4CCO[C@@H](C(=O)O)C4)nc23)cc(Cl)n1. The molecule has 9 nitrogen and oxygen atoms in total. The molecule has 0 amide bonds. The number of halogens is 1. The molecule has 0 unspecified atom stereocenters. The van der Waals surface area contributed by atoms with E-state index in [4.69, 9.17) is 26.4 Å². The standard InChI is InChI=1S/C24H19ClN6O3/c1-14-9-17(11-19(25)27-14)21-22(16-4-2-3-15(10-16)12-26)29-31-6-5-20(28-23(21)31)30-7-8-34-18(13-30)24(32)33/h2-6,9-11,18H,7-8,13H2,1H3,(H,32,33)/t18-/m1/s1. The van der Waals surface area contributed by atoms with Crippen molar-refractivity contribution in [3.63, 3.8) is 0 Å². The van der Waals surface area contributed by atoms with Gasteiger partial charge in [0.25, 0.3) is 0 Å². The van der Waals surface area contributed by atoms with Gasteiger partial charge < -0.3 is 14.7 Å². The molecule has 1 aromatic carbocycles. The molecule has 1 N–H and O–H groups in total. The van der Waals surface area contributed by atoms with Crippen LogP contribution in [0.4, 0.5) is 5.82 Å². The molecule has 1 saturated heterocycles. The fourth-order valence-electron chi connectivity index (χ4n) is 4.08. The fraction of sp³-hybridized carbons (Fsp3) is 0.208. The molecule has 4 aromatic rings. The number of carbonyl (C=O) groups is 1. The lowest BCUT2D eigenvalue weighted by molar-refractivity contribution is -0.150. The lowest BCUT2D eigenvalue weighted by Gasteiger charge is -2.31. The molecule has 0 radical (unpaired) electrons. The summed E-state index contributed by atoms with van der Waals surface area (Å²) in [7, 11) is 0. The number of aromatic nitrogens is 4. The van der Waals surface area contributed by atoms with Gasteiger partial charge >= 0.3 is 5.97 Å². The molecule has 3 aromatic heterocycles. The third-order valence-electron chi connectivity index (χ3n) is 5.61. The van der Waals surface area contributed by atoms with E-state index in [1.165, 1.54) is 0 Å². The first-order valence-corrected chi connectivity index (χ1v) is 10.9. The van der Waals surface area contributed by atoms with E-state index in [0.717, 1.165) is 22.4 Å². The van der Waals surface area contributed by atoms with E-state index >= 15 is 0 Å². The van der Waals surface area contributed by atoms with Gasteiger partial charge in [0.2, 0.25) is 0 Å². The summed E-state index contributed by atoms with van der Waals surface area (Å²) in [4.78, 5) is 22.5. The lowest BCUT2D eigenvalue weighted by Crippen LogP contribution is -2.46. The topological polar surface area (TPSA) is 117 Å². The van der Waals surface area contributed by atoms with Crippen LogP contribution in [0.2, 0.25) is 5.15 Å². The van der Waals surface area contributed by atoms with Crippen molar-refractivity contribution < 1.29 is 14.6 Å². The molecule has 0 aliphatic carbocycles. The number of hydrogen-bond acceptors (Lipinski definition) is 7. The second kappa shape index (κ2) is 8.74. The molecule has 34 heavy (non-hydrogen) atoms. The Labute approximate surface area is 199 Å². The zero-order valence-electron chi connectivity index (χ0n) is 18.1. The summed E-state index contributed by atoms with van der Waals surface area (Å²) < 4.78 is 7.02. The second-order valence-electron chi connectivity index (χ2n) is 7.93. The molecule has 4 heterocycles.